The molecule has 9 heteroatoms. The van der Waals surface area contributed by atoms with Gasteiger partial charge in [-0.1, -0.05) is 0 Å². The number of morpholine rings is 1. The number of hydrogen-bond acceptors (Lipinski definition) is 5. The minimum absolute atomic E-state index is 0.00392. The molecule has 8 nitrogen and oxygen atoms in total. The minimum atomic E-state index is -3.17. The van der Waals surface area contributed by atoms with E-state index in [0.717, 1.165) is 0 Å². The quantitative estimate of drug-likeness (QED) is 0.667. The zero-order valence-corrected chi connectivity index (χ0v) is 16.2. The maximum Gasteiger partial charge on any atom is 0.225 e. The highest BCUT2D eigenvalue weighted by Crippen LogP contribution is 2.25. The van der Waals surface area contributed by atoms with E-state index in [1.807, 2.05) is 9.80 Å². The Morgan fingerprint density at radius 3 is 1.65 bits per heavy atom. The number of hydrogen-bond donors (Lipinski definition) is 0. The summed E-state index contributed by atoms with van der Waals surface area (Å²) in [6.45, 7) is 4.61. The van der Waals surface area contributed by atoms with E-state index in [-0.39, 0.29) is 23.7 Å². The van der Waals surface area contributed by atoms with Crippen LogP contribution in [0, 0.1) is 11.8 Å². The van der Waals surface area contributed by atoms with Gasteiger partial charge in [-0.05, 0) is 25.7 Å². The first-order valence-corrected chi connectivity index (χ1v) is 11.3. The first kappa shape index (κ1) is 19.6. The van der Waals surface area contributed by atoms with Crippen molar-refractivity contribution in [3.05, 3.63) is 0 Å². The van der Waals surface area contributed by atoms with Gasteiger partial charge in [0.2, 0.25) is 21.8 Å². The van der Waals surface area contributed by atoms with Gasteiger partial charge in [0.05, 0.1) is 19.5 Å². The number of sulfonamides is 1. The first-order valence-electron chi connectivity index (χ1n) is 9.46. The number of carbonyl (C=O) groups is 2. The van der Waals surface area contributed by atoms with Crippen molar-refractivity contribution < 1.29 is 22.7 Å². The molecule has 3 heterocycles. The molecule has 3 fully saturated rings. The summed E-state index contributed by atoms with van der Waals surface area (Å²) in [4.78, 5) is 29.0. The van der Waals surface area contributed by atoms with E-state index >= 15 is 0 Å². The van der Waals surface area contributed by atoms with Crippen LogP contribution in [0.15, 0.2) is 0 Å². The van der Waals surface area contributed by atoms with Crippen molar-refractivity contribution >= 4 is 21.8 Å². The van der Waals surface area contributed by atoms with Crippen LogP contribution in [0.1, 0.15) is 25.7 Å². The highest BCUT2D eigenvalue weighted by molar-refractivity contribution is 7.88. The van der Waals surface area contributed by atoms with Gasteiger partial charge in [0.1, 0.15) is 0 Å². The third kappa shape index (κ3) is 4.55. The number of carbonyl (C=O) groups excluding carboxylic acids is 2. The van der Waals surface area contributed by atoms with E-state index in [1.54, 1.807) is 0 Å². The van der Waals surface area contributed by atoms with Crippen molar-refractivity contribution in [1.29, 1.82) is 0 Å². The molecule has 0 bridgehead atoms. The van der Waals surface area contributed by atoms with Gasteiger partial charge in [-0.3, -0.25) is 9.59 Å². The minimum Gasteiger partial charge on any atom is -0.378 e. The van der Waals surface area contributed by atoms with E-state index in [9.17, 15) is 18.0 Å². The van der Waals surface area contributed by atoms with Gasteiger partial charge in [0, 0.05) is 51.1 Å². The fourth-order valence-electron chi connectivity index (χ4n) is 4.08. The summed E-state index contributed by atoms with van der Waals surface area (Å²) in [5.41, 5.74) is 0. The van der Waals surface area contributed by atoms with E-state index < -0.39 is 10.0 Å². The van der Waals surface area contributed by atoms with Crippen molar-refractivity contribution in [3.63, 3.8) is 0 Å². The average Bonchev–Trinajstić information content (AvgIpc) is 2.67. The van der Waals surface area contributed by atoms with E-state index in [2.05, 4.69) is 0 Å². The van der Waals surface area contributed by atoms with Crippen LogP contribution in [0.2, 0.25) is 0 Å². The second kappa shape index (κ2) is 8.22. The number of amides is 2. The fourth-order valence-corrected chi connectivity index (χ4v) is 4.96. The molecular weight excluding hydrogens is 358 g/mol. The topological polar surface area (TPSA) is 87.2 Å². The molecule has 0 aromatic carbocycles. The van der Waals surface area contributed by atoms with Gasteiger partial charge >= 0.3 is 0 Å². The Morgan fingerprint density at radius 2 is 1.19 bits per heavy atom. The Bertz CT molecular complexity index is 616. The maximum absolute atomic E-state index is 12.7. The predicted molar refractivity (Wildman–Crippen MR) is 95.8 cm³/mol. The second-order valence-electron chi connectivity index (χ2n) is 7.47. The smallest absolute Gasteiger partial charge is 0.225 e. The Morgan fingerprint density at radius 1 is 0.769 bits per heavy atom. The Kier molecular flexibility index (Phi) is 6.19. The number of likely N-dealkylation sites (tertiary alicyclic amines) is 1. The molecule has 0 unspecified atom stereocenters. The molecule has 3 aliphatic rings. The lowest BCUT2D eigenvalue weighted by molar-refractivity contribution is -0.145. The van der Waals surface area contributed by atoms with Crippen molar-refractivity contribution in [3.8, 4) is 0 Å². The van der Waals surface area contributed by atoms with Crippen LogP contribution < -0.4 is 0 Å². The van der Waals surface area contributed by atoms with Crippen LogP contribution in [0.5, 0.6) is 0 Å². The van der Waals surface area contributed by atoms with Crippen LogP contribution in [0.25, 0.3) is 0 Å². The number of rotatable bonds is 3. The average molecular weight is 388 g/mol. The van der Waals surface area contributed by atoms with Gasteiger partial charge in [0.25, 0.3) is 0 Å². The molecule has 3 saturated heterocycles. The summed E-state index contributed by atoms with van der Waals surface area (Å²) in [6.07, 6.45) is 3.80. The molecule has 0 radical (unpaired) electrons. The molecule has 0 aromatic rings. The number of nitrogens with zero attached hydrogens (tertiary/aromatic N) is 3. The third-order valence-electron chi connectivity index (χ3n) is 5.75. The van der Waals surface area contributed by atoms with E-state index in [4.69, 9.17) is 4.74 Å². The molecular formula is C17H29N3O5S. The lowest BCUT2D eigenvalue weighted by Crippen LogP contribution is -2.49. The summed E-state index contributed by atoms with van der Waals surface area (Å²) in [6, 6.07) is 0. The van der Waals surface area contributed by atoms with Crippen molar-refractivity contribution in [1.82, 2.24) is 14.1 Å². The highest BCUT2D eigenvalue weighted by Gasteiger charge is 2.35. The lowest BCUT2D eigenvalue weighted by atomic mass is 9.92. The summed E-state index contributed by atoms with van der Waals surface area (Å²) < 4.78 is 29.9. The zero-order valence-electron chi connectivity index (χ0n) is 15.4. The molecule has 0 aliphatic carbocycles. The van der Waals surface area contributed by atoms with Crippen LogP contribution in [-0.4, -0.2) is 93.1 Å². The molecule has 0 aromatic heterocycles. The monoisotopic (exact) mass is 387 g/mol. The zero-order chi connectivity index (χ0) is 18.7. The Hall–Kier alpha value is -1.19. The second-order valence-corrected chi connectivity index (χ2v) is 9.46. The summed E-state index contributed by atoms with van der Waals surface area (Å²) in [5.74, 6) is 0.223. The van der Waals surface area contributed by atoms with E-state index in [0.29, 0.717) is 78.2 Å². The van der Waals surface area contributed by atoms with Gasteiger partial charge in [-0.15, -0.1) is 0 Å². The highest BCUT2D eigenvalue weighted by atomic mass is 32.2. The Labute approximate surface area is 155 Å². The SMILES string of the molecule is CS(=O)(=O)N1CCC(C(=O)N2CCC(C(=O)N3CCOCC3)CC2)CC1. The van der Waals surface area contributed by atoms with Crippen LogP contribution in [0.3, 0.4) is 0 Å². The molecule has 26 heavy (non-hydrogen) atoms. The lowest BCUT2D eigenvalue weighted by Gasteiger charge is -2.38. The maximum atomic E-state index is 12.7. The number of piperidine rings is 2. The molecule has 2 amide bonds. The number of ether oxygens (including phenoxy) is 1. The Balaban J connectivity index is 1.46. The molecule has 0 saturated carbocycles. The standard InChI is InChI=1S/C17H29N3O5S/c1-26(23,24)20-8-4-15(5-9-20)16(21)18-6-2-14(3-7-18)17(22)19-10-12-25-13-11-19/h14-15H,2-13H2,1H3. The predicted octanol–water partition coefficient (Wildman–Crippen LogP) is -0.245. The molecule has 3 rings (SSSR count). The molecule has 0 spiro atoms. The molecule has 3 aliphatic heterocycles. The third-order valence-corrected chi connectivity index (χ3v) is 7.05. The van der Waals surface area contributed by atoms with Crippen LogP contribution in [0.4, 0.5) is 0 Å². The fraction of sp³-hybridized carbons (Fsp3) is 0.882. The first-order chi connectivity index (χ1) is 12.4. The molecule has 0 atom stereocenters. The molecule has 0 N–H and O–H groups in total. The largest absolute Gasteiger partial charge is 0.378 e. The van der Waals surface area contributed by atoms with Crippen molar-refractivity contribution in [2.45, 2.75) is 25.7 Å². The van der Waals surface area contributed by atoms with E-state index in [1.165, 1.54) is 10.6 Å². The van der Waals surface area contributed by atoms with Crippen molar-refractivity contribution in [2.24, 2.45) is 11.8 Å². The van der Waals surface area contributed by atoms with Gasteiger partial charge < -0.3 is 14.5 Å². The van der Waals surface area contributed by atoms with Crippen LogP contribution >= 0.6 is 0 Å². The van der Waals surface area contributed by atoms with Crippen molar-refractivity contribution in [2.75, 3.05) is 58.7 Å². The normalized spacial score (nSPS) is 24.7. The summed E-state index contributed by atoms with van der Waals surface area (Å²) >= 11 is 0. The van der Waals surface area contributed by atoms with Gasteiger partial charge in [0.15, 0.2) is 0 Å². The van der Waals surface area contributed by atoms with Gasteiger partial charge in [-0.25, -0.2) is 12.7 Å². The van der Waals surface area contributed by atoms with Crippen LogP contribution in [-0.2, 0) is 24.3 Å². The summed E-state index contributed by atoms with van der Waals surface area (Å²) in [5, 5.41) is 0. The summed E-state index contributed by atoms with van der Waals surface area (Å²) in [7, 11) is -3.17. The molecule has 148 valence electrons. The van der Waals surface area contributed by atoms with Gasteiger partial charge in [-0.2, -0.15) is 0 Å².